The SMILES string of the molecule is CC1(C)C[C@@H]2C[C@](C)(CN2Cn2nc3c(cc2=O)CCC3)C1. The van der Waals surface area contributed by atoms with Gasteiger partial charge in [0, 0.05) is 18.7 Å². The predicted octanol–water partition coefficient (Wildman–Crippen LogP) is 2.59. The van der Waals surface area contributed by atoms with Crippen molar-refractivity contribution in [2.45, 2.75) is 72.0 Å². The maximum atomic E-state index is 12.3. The van der Waals surface area contributed by atoms with Crippen LogP contribution in [0.1, 0.15) is 57.7 Å². The number of aryl methyl sites for hydroxylation is 2. The second kappa shape index (κ2) is 4.67. The molecule has 1 saturated heterocycles. The zero-order chi connectivity index (χ0) is 15.5. The van der Waals surface area contributed by atoms with Crippen LogP contribution in [0.2, 0.25) is 0 Å². The van der Waals surface area contributed by atoms with E-state index in [-0.39, 0.29) is 5.56 Å². The van der Waals surface area contributed by atoms with Crippen LogP contribution in [0.25, 0.3) is 0 Å². The van der Waals surface area contributed by atoms with Crippen molar-refractivity contribution in [2.24, 2.45) is 10.8 Å². The second-order valence-corrected chi connectivity index (χ2v) is 8.91. The lowest BCUT2D eigenvalue weighted by atomic mass is 9.65. The zero-order valence-corrected chi connectivity index (χ0v) is 14.1. The Morgan fingerprint density at radius 2 is 2.09 bits per heavy atom. The molecule has 2 atom stereocenters. The number of likely N-dealkylation sites (tertiary alicyclic amines) is 1. The minimum Gasteiger partial charge on any atom is -0.281 e. The van der Waals surface area contributed by atoms with E-state index >= 15 is 0 Å². The van der Waals surface area contributed by atoms with Gasteiger partial charge >= 0.3 is 0 Å². The van der Waals surface area contributed by atoms with Crippen LogP contribution in [-0.2, 0) is 19.5 Å². The van der Waals surface area contributed by atoms with Gasteiger partial charge in [-0.3, -0.25) is 9.69 Å². The molecule has 4 heteroatoms. The van der Waals surface area contributed by atoms with Crippen LogP contribution in [0.3, 0.4) is 0 Å². The molecule has 0 N–H and O–H groups in total. The third-order valence-corrected chi connectivity index (χ3v) is 5.86. The van der Waals surface area contributed by atoms with E-state index in [1.807, 2.05) is 6.07 Å². The maximum absolute atomic E-state index is 12.3. The molecule has 1 aliphatic heterocycles. The average Bonchev–Trinajstić information content (AvgIpc) is 2.91. The van der Waals surface area contributed by atoms with Gasteiger partial charge in [0.25, 0.3) is 5.56 Å². The summed E-state index contributed by atoms with van der Waals surface area (Å²) >= 11 is 0. The van der Waals surface area contributed by atoms with Gasteiger partial charge in [0.05, 0.1) is 12.4 Å². The van der Waals surface area contributed by atoms with E-state index in [1.165, 1.54) is 24.8 Å². The molecule has 1 aromatic heterocycles. The van der Waals surface area contributed by atoms with Crippen molar-refractivity contribution in [1.82, 2.24) is 14.7 Å². The number of hydrogen-bond donors (Lipinski definition) is 0. The lowest BCUT2D eigenvalue weighted by molar-refractivity contribution is 0.119. The molecule has 4 rings (SSSR count). The Kier molecular flexibility index (Phi) is 3.06. The van der Waals surface area contributed by atoms with Gasteiger partial charge in [-0.05, 0) is 54.9 Å². The first-order valence-corrected chi connectivity index (χ1v) is 8.68. The number of rotatable bonds is 2. The van der Waals surface area contributed by atoms with Crippen LogP contribution in [-0.4, -0.2) is 27.3 Å². The lowest BCUT2D eigenvalue weighted by Crippen LogP contribution is -2.38. The fourth-order valence-corrected chi connectivity index (χ4v) is 5.45. The highest BCUT2D eigenvalue weighted by molar-refractivity contribution is 5.22. The molecule has 2 fully saturated rings. The van der Waals surface area contributed by atoms with Crippen molar-refractivity contribution in [3.05, 3.63) is 27.7 Å². The summed E-state index contributed by atoms with van der Waals surface area (Å²) in [7, 11) is 0. The third kappa shape index (κ3) is 2.41. The Hall–Kier alpha value is -1.16. The van der Waals surface area contributed by atoms with Crippen molar-refractivity contribution in [2.75, 3.05) is 6.54 Å². The molecule has 4 nitrogen and oxygen atoms in total. The van der Waals surface area contributed by atoms with Gasteiger partial charge in [-0.1, -0.05) is 20.8 Å². The number of fused-ring (bicyclic) bond motifs is 3. The Morgan fingerprint density at radius 3 is 2.91 bits per heavy atom. The molecule has 3 aliphatic rings. The molecule has 0 unspecified atom stereocenters. The van der Waals surface area contributed by atoms with Crippen molar-refractivity contribution in [1.29, 1.82) is 0 Å². The topological polar surface area (TPSA) is 38.1 Å². The van der Waals surface area contributed by atoms with Gasteiger partial charge in [-0.15, -0.1) is 0 Å². The van der Waals surface area contributed by atoms with Crippen LogP contribution >= 0.6 is 0 Å². The monoisotopic (exact) mass is 301 g/mol. The summed E-state index contributed by atoms with van der Waals surface area (Å²) in [6.07, 6.45) is 7.00. The minimum absolute atomic E-state index is 0.0755. The van der Waals surface area contributed by atoms with Crippen LogP contribution in [0.15, 0.2) is 10.9 Å². The highest BCUT2D eigenvalue weighted by Gasteiger charge is 2.49. The highest BCUT2D eigenvalue weighted by atomic mass is 16.1. The van der Waals surface area contributed by atoms with Crippen LogP contribution in [0.5, 0.6) is 0 Å². The van der Waals surface area contributed by atoms with E-state index in [0.717, 1.165) is 31.5 Å². The molecule has 0 spiro atoms. The number of aromatic nitrogens is 2. The van der Waals surface area contributed by atoms with Crippen molar-refractivity contribution >= 4 is 0 Å². The normalized spacial score (nSPS) is 33.1. The van der Waals surface area contributed by atoms with Crippen molar-refractivity contribution < 1.29 is 0 Å². The maximum Gasteiger partial charge on any atom is 0.268 e. The Balaban J connectivity index is 1.59. The molecule has 22 heavy (non-hydrogen) atoms. The van der Waals surface area contributed by atoms with Crippen LogP contribution in [0, 0.1) is 10.8 Å². The van der Waals surface area contributed by atoms with E-state index in [2.05, 4.69) is 30.8 Å². The highest BCUT2D eigenvalue weighted by Crippen LogP contribution is 2.52. The summed E-state index contributed by atoms with van der Waals surface area (Å²) in [6, 6.07) is 2.43. The number of hydrogen-bond acceptors (Lipinski definition) is 3. The predicted molar refractivity (Wildman–Crippen MR) is 86.8 cm³/mol. The molecule has 2 heterocycles. The second-order valence-electron chi connectivity index (χ2n) is 8.91. The summed E-state index contributed by atoms with van der Waals surface area (Å²) < 4.78 is 1.71. The molecule has 1 saturated carbocycles. The summed E-state index contributed by atoms with van der Waals surface area (Å²) in [6.45, 7) is 8.97. The molecule has 1 aromatic rings. The fourth-order valence-electron chi connectivity index (χ4n) is 5.45. The fraction of sp³-hybridized carbons (Fsp3) is 0.778. The standard InChI is InChI=1S/C18H27N3O/c1-17(2)8-14-9-18(3,10-17)11-20(14)12-21-16(22)7-13-5-4-6-15(13)19-21/h7,14H,4-6,8-12H2,1-3H3/t14-,18+/m1/s1. The van der Waals surface area contributed by atoms with Gasteiger partial charge in [0.1, 0.15) is 0 Å². The van der Waals surface area contributed by atoms with Gasteiger partial charge < -0.3 is 0 Å². The number of nitrogens with zero attached hydrogens (tertiary/aromatic N) is 3. The van der Waals surface area contributed by atoms with Crippen molar-refractivity contribution in [3.8, 4) is 0 Å². The van der Waals surface area contributed by atoms with Gasteiger partial charge in [-0.25, -0.2) is 4.68 Å². The van der Waals surface area contributed by atoms with E-state index in [4.69, 9.17) is 0 Å². The van der Waals surface area contributed by atoms with Crippen molar-refractivity contribution in [3.63, 3.8) is 0 Å². The largest absolute Gasteiger partial charge is 0.281 e. The molecular weight excluding hydrogens is 274 g/mol. The first-order valence-electron chi connectivity index (χ1n) is 8.68. The summed E-state index contributed by atoms with van der Waals surface area (Å²) in [5.41, 5.74) is 3.23. The molecule has 0 amide bonds. The Labute approximate surface area is 132 Å². The lowest BCUT2D eigenvalue weighted by Gasteiger charge is -2.39. The quantitative estimate of drug-likeness (QED) is 0.843. The van der Waals surface area contributed by atoms with Gasteiger partial charge in [0.15, 0.2) is 0 Å². The average molecular weight is 301 g/mol. The van der Waals surface area contributed by atoms with E-state index in [0.29, 0.717) is 23.5 Å². The molecular formula is C18H27N3O. The summed E-state index contributed by atoms with van der Waals surface area (Å²) in [5.74, 6) is 0. The molecule has 2 bridgehead atoms. The zero-order valence-electron chi connectivity index (χ0n) is 14.1. The Bertz CT molecular complexity index is 663. The Morgan fingerprint density at radius 1 is 1.27 bits per heavy atom. The molecule has 2 aliphatic carbocycles. The van der Waals surface area contributed by atoms with E-state index in [1.54, 1.807) is 4.68 Å². The van der Waals surface area contributed by atoms with Crippen LogP contribution < -0.4 is 5.56 Å². The third-order valence-electron chi connectivity index (χ3n) is 5.86. The van der Waals surface area contributed by atoms with E-state index in [9.17, 15) is 4.79 Å². The van der Waals surface area contributed by atoms with Gasteiger partial charge in [-0.2, -0.15) is 5.10 Å². The molecule has 0 radical (unpaired) electrons. The van der Waals surface area contributed by atoms with Crippen LogP contribution in [0.4, 0.5) is 0 Å². The molecule has 120 valence electrons. The van der Waals surface area contributed by atoms with Gasteiger partial charge in [0.2, 0.25) is 0 Å². The first-order chi connectivity index (χ1) is 10.3. The summed E-state index contributed by atoms with van der Waals surface area (Å²) in [4.78, 5) is 14.8. The first kappa shape index (κ1) is 14.4. The minimum atomic E-state index is 0.0755. The molecule has 0 aromatic carbocycles. The van der Waals surface area contributed by atoms with E-state index < -0.39 is 0 Å². The smallest absolute Gasteiger partial charge is 0.268 e. The summed E-state index contributed by atoms with van der Waals surface area (Å²) in [5, 5.41) is 4.65.